The van der Waals surface area contributed by atoms with Crippen molar-refractivity contribution in [3.8, 4) is 23.1 Å². The van der Waals surface area contributed by atoms with Crippen molar-refractivity contribution >= 4 is 23.2 Å². The number of hydrogen-bond donors (Lipinski definition) is 2. The summed E-state index contributed by atoms with van der Waals surface area (Å²) in [4.78, 5) is 27.3. The van der Waals surface area contributed by atoms with Gasteiger partial charge < -0.3 is 34.6 Å². The van der Waals surface area contributed by atoms with Crippen LogP contribution in [0.25, 0.3) is 0 Å². The van der Waals surface area contributed by atoms with Crippen LogP contribution in [-0.4, -0.2) is 77.7 Å². The third-order valence-corrected chi connectivity index (χ3v) is 8.64. The highest BCUT2D eigenvalue weighted by molar-refractivity contribution is 6.06. The number of piperazine rings is 1. The van der Waals surface area contributed by atoms with Crippen LogP contribution in [0.2, 0.25) is 0 Å². The Bertz CT molecular complexity index is 1770. The predicted molar refractivity (Wildman–Crippen MR) is 185 cm³/mol. The Kier molecular flexibility index (Phi) is 9.79. The summed E-state index contributed by atoms with van der Waals surface area (Å²) in [5, 5.41) is 6.03. The fraction of sp³-hybridized carbons (Fsp3) is 0.378. The number of carbonyl (C=O) groups is 1. The molecule has 0 radical (unpaired) electrons. The molecule has 48 heavy (non-hydrogen) atoms. The molecule has 3 aromatic carbocycles. The van der Waals surface area contributed by atoms with Gasteiger partial charge in [-0.25, -0.2) is 9.37 Å². The van der Waals surface area contributed by atoms with Gasteiger partial charge in [0, 0.05) is 68.3 Å². The summed E-state index contributed by atoms with van der Waals surface area (Å²) >= 11 is 0. The second kappa shape index (κ2) is 14.2. The first-order valence-corrected chi connectivity index (χ1v) is 16.4. The maximum absolute atomic E-state index is 15.1. The molecule has 2 N–H and O–H groups in total. The van der Waals surface area contributed by atoms with Crippen LogP contribution in [0.3, 0.4) is 0 Å². The average Bonchev–Trinajstić information content (AvgIpc) is 3.38. The van der Waals surface area contributed by atoms with Crippen LogP contribution in [0.4, 0.5) is 21.7 Å². The number of nitrogens with zero attached hydrogens (tertiary/aromatic N) is 4. The van der Waals surface area contributed by atoms with Gasteiger partial charge in [-0.15, -0.1) is 0 Å². The van der Waals surface area contributed by atoms with Crippen LogP contribution >= 0.6 is 0 Å². The molecule has 2 aliphatic heterocycles. The Hall–Kier alpha value is -4.74. The third-order valence-electron chi connectivity index (χ3n) is 8.64. The van der Waals surface area contributed by atoms with Gasteiger partial charge in [-0.05, 0) is 70.5 Å². The summed E-state index contributed by atoms with van der Waals surface area (Å²) in [5.41, 5.74) is 3.71. The summed E-state index contributed by atoms with van der Waals surface area (Å²) in [5.74, 6) is 0.454. The molecule has 0 atom stereocenters. The SMILES string of the molecule is Cc1cccc(C)c1NC(=O)c1cnc(Nc2ccc(OCCCN3CCN(C)CC3)c(F)c2)nc1Oc1cccc2c1OC(C)(C)C2. The molecule has 0 unspecified atom stereocenters. The molecule has 0 spiro atoms. The van der Waals surface area contributed by atoms with E-state index in [1.807, 2.05) is 58.0 Å². The number of aryl methyl sites for hydroxylation is 2. The van der Waals surface area contributed by atoms with E-state index in [9.17, 15) is 4.79 Å². The van der Waals surface area contributed by atoms with Gasteiger partial charge in [0.15, 0.2) is 23.1 Å². The molecule has 0 bridgehead atoms. The zero-order valence-electron chi connectivity index (χ0n) is 28.2. The monoisotopic (exact) mass is 654 g/mol. The van der Waals surface area contributed by atoms with Gasteiger partial charge in [0.05, 0.1) is 6.61 Å². The number of fused-ring (bicyclic) bond motifs is 1. The molecule has 1 amide bonds. The van der Waals surface area contributed by atoms with E-state index in [1.54, 1.807) is 18.2 Å². The Balaban J connectivity index is 1.19. The molecular weight excluding hydrogens is 611 g/mol. The molecule has 1 saturated heterocycles. The van der Waals surface area contributed by atoms with Crippen molar-refractivity contribution in [3.05, 3.63) is 88.9 Å². The van der Waals surface area contributed by atoms with Crippen molar-refractivity contribution in [2.45, 2.75) is 46.1 Å². The van der Waals surface area contributed by atoms with Crippen molar-refractivity contribution in [1.29, 1.82) is 0 Å². The molecule has 3 heterocycles. The maximum Gasteiger partial charge on any atom is 0.262 e. The topological polar surface area (TPSA) is 101 Å². The highest BCUT2D eigenvalue weighted by Crippen LogP contribution is 2.43. The lowest BCUT2D eigenvalue weighted by atomic mass is 10.0. The van der Waals surface area contributed by atoms with Crippen molar-refractivity contribution < 1.29 is 23.4 Å². The molecule has 10 nitrogen and oxygen atoms in total. The molecule has 0 saturated carbocycles. The quantitative estimate of drug-likeness (QED) is 0.170. The number of ether oxygens (including phenoxy) is 3. The van der Waals surface area contributed by atoms with E-state index in [0.717, 1.165) is 62.3 Å². The summed E-state index contributed by atoms with van der Waals surface area (Å²) in [6, 6.07) is 16.1. The number of para-hydroxylation sites is 2. The van der Waals surface area contributed by atoms with Gasteiger partial charge >= 0.3 is 0 Å². The van der Waals surface area contributed by atoms with Crippen LogP contribution in [-0.2, 0) is 6.42 Å². The zero-order chi connectivity index (χ0) is 33.8. The lowest BCUT2D eigenvalue weighted by molar-refractivity contribution is 0.102. The Morgan fingerprint density at radius 2 is 1.77 bits per heavy atom. The third kappa shape index (κ3) is 7.86. The predicted octanol–water partition coefficient (Wildman–Crippen LogP) is 6.75. The number of carbonyl (C=O) groups excluding carboxylic acids is 1. The molecule has 2 aliphatic rings. The molecule has 6 rings (SSSR count). The molecule has 4 aromatic rings. The van der Waals surface area contributed by atoms with Crippen molar-refractivity contribution in [2.24, 2.45) is 0 Å². The molecule has 11 heteroatoms. The lowest BCUT2D eigenvalue weighted by Crippen LogP contribution is -2.44. The maximum atomic E-state index is 15.1. The number of halogens is 1. The number of amides is 1. The largest absolute Gasteiger partial charge is 0.490 e. The van der Waals surface area contributed by atoms with Gasteiger partial charge in [0.25, 0.3) is 5.91 Å². The average molecular weight is 655 g/mol. The first-order valence-electron chi connectivity index (χ1n) is 16.4. The summed E-state index contributed by atoms with van der Waals surface area (Å²) in [7, 11) is 2.13. The van der Waals surface area contributed by atoms with Crippen molar-refractivity contribution in [1.82, 2.24) is 19.8 Å². The molecule has 252 valence electrons. The van der Waals surface area contributed by atoms with Gasteiger partial charge in [-0.2, -0.15) is 4.98 Å². The number of benzene rings is 3. The second-order valence-electron chi connectivity index (χ2n) is 13.1. The summed E-state index contributed by atoms with van der Waals surface area (Å²) in [6.07, 6.45) is 2.93. The fourth-order valence-corrected chi connectivity index (χ4v) is 5.99. The van der Waals surface area contributed by atoms with E-state index in [0.29, 0.717) is 29.5 Å². The smallest absolute Gasteiger partial charge is 0.262 e. The van der Waals surface area contributed by atoms with Crippen LogP contribution in [0.15, 0.2) is 60.8 Å². The number of hydrogen-bond acceptors (Lipinski definition) is 9. The van der Waals surface area contributed by atoms with E-state index < -0.39 is 17.3 Å². The van der Waals surface area contributed by atoms with Crippen LogP contribution in [0, 0.1) is 19.7 Å². The Labute approximate surface area is 281 Å². The molecule has 1 fully saturated rings. The number of nitrogens with one attached hydrogen (secondary N) is 2. The highest BCUT2D eigenvalue weighted by Gasteiger charge is 2.33. The van der Waals surface area contributed by atoms with Gasteiger partial charge in [0.1, 0.15) is 11.2 Å². The first-order chi connectivity index (χ1) is 23.0. The van der Waals surface area contributed by atoms with Crippen LogP contribution in [0.5, 0.6) is 23.1 Å². The number of anilines is 3. The van der Waals surface area contributed by atoms with Crippen molar-refractivity contribution in [2.75, 3.05) is 57.0 Å². The van der Waals surface area contributed by atoms with Crippen molar-refractivity contribution in [3.63, 3.8) is 0 Å². The van der Waals surface area contributed by atoms with E-state index in [2.05, 4.69) is 37.4 Å². The van der Waals surface area contributed by atoms with E-state index in [-0.39, 0.29) is 23.1 Å². The zero-order valence-corrected chi connectivity index (χ0v) is 28.2. The second-order valence-corrected chi connectivity index (χ2v) is 13.1. The first kappa shape index (κ1) is 33.2. The molecule has 1 aromatic heterocycles. The highest BCUT2D eigenvalue weighted by atomic mass is 19.1. The molecular formula is C37H43FN6O4. The Morgan fingerprint density at radius 3 is 2.52 bits per heavy atom. The Morgan fingerprint density at radius 1 is 1.02 bits per heavy atom. The van der Waals surface area contributed by atoms with Crippen LogP contribution in [0.1, 0.15) is 47.3 Å². The summed E-state index contributed by atoms with van der Waals surface area (Å²) < 4.78 is 33.3. The van der Waals surface area contributed by atoms with E-state index >= 15 is 4.39 Å². The van der Waals surface area contributed by atoms with Gasteiger partial charge in [-0.3, -0.25) is 4.79 Å². The summed E-state index contributed by atoms with van der Waals surface area (Å²) in [6.45, 7) is 13.4. The molecule has 0 aliphatic carbocycles. The fourth-order valence-electron chi connectivity index (χ4n) is 5.99. The van der Waals surface area contributed by atoms with Gasteiger partial charge in [-0.1, -0.05) is 30.3 Å². The number of likely N-dealkylation sites (N-methyl/N-ethyl adjacent to an activating group) is 1. The number of aromatic nitrogens is 2. The standard InChI is InChI=1S/C37H43FN6O4/c1-24-9-6-10-25(2)32(24)41-34(45)28-23-39-36(42-35(28)47-31-12-7-11-26-22-37(3,4)48-33(26)31)40-27-13-14-30(29(38)21-27)46-20-8-15-44-18-16-43(5)17-19-44/h6-7,9-14,21,23H,8,15-20,22H2,1-5H3,(H,41,45)(H,39,40,42). The van der Waals surface area contributed by atoms with E-state index in [4.69, 9.17) is 14.2 Å². The van der Waals surface area contributed by atoms with Gasteiger partial charge in [0.2, 0.25) is 11.8 Å². The number of rotatable bonds is 11. The normalized spacial score (nSPS) is 15.8. The minimum atomic E-state index is -0.500. The van der Waals surface area contributed by atoms with Crippen LogP contribution < -0.4 is 24.8 Å². The minimum Gasteiger partial charge on any atom is -0.490 e. The van der Waals surface area contributed by atoms with E-state index in [1.165, 1.54) is 12.3 Å². The minimum absolute atomic E-state index is 0.0266. The lowest BCUT2D eigenvalue weighted by Gasteiger charge is -2.32.